The first-order valence-corrected chi connectivity index (χ1v) is 17.8. The third-order valence-corrected chi connectivity index (χ3v) is 7.30. The zero-order valence-corrected chi connectivity index (χ0v) is 28.5. The molecule has 0 bridgehead atoms. The second kappa shape index (κ2) is 42.8. The Morgan fingerprint density at radius 3 is 0.909 bits per heavy atom. The van der Waals surface area contributed by atoms with Crippen molar-refractivity contribution in [2.75, 3.05) is 0 Å². The third kappa shape index (κ3) is 59.1. The van der Waals surface area contributed by atoms with Gasteiger partial charge in [-0.1, -0.05) is 141 Å². The Morgan fingerprint density at radius 1 is 0.477 bits per heavy atom. The first-order valence-electron chi connectivity index (χ1n) is 17.8. The maximum atomic E-state index is 10.3. The minimum absolute atomic E-state index is 0.332. The lowest BCUT2D eigenvalue weighted by atomic mass is 10.1. The molecule has 8 nitrogen and oxygen atoms in total. The number of carbonyl (C=O) groups is 2. The summed E-state index contributed by atoms with van der Waals surface area (Å²) in [6.07, 6.45) is 42.5. The molecule has 0 saturated carbocycles. The van der Waals surface area contributed by atoms with E-state index in [9.17, 15) is 9.59 Å². The quantitative estimate of drug-likeness (QED) is 0.0311. The molecule has 0 unspecified atom stereocenters. The average Bonchev–Trinajstić information content (AvgIpc) is 2.97. The molecule has 44 heavy (non-hydrogen) atoms. The van der Waals surface area contributed by atoms with Gasteiger partial charge in [-0.15, -0.1) is 10.1 Å². The third-order valence-electron chi connectivity index (χ3n) is 7.30. The van der Waals surface area contributed by atoms with Crippen molar-refractivity contribution >= 4 is 11.9 Å². The smallest absolute Gasteiger partial charge is 0.303 e. The molecule has 8 heteroatoms. The van der Waals surface area contributed by atoms with Crippen LogP contribution in [0.25, 0.3) is 0 Å². The summed E-state index contributed by atoms with van der Waals surface area (Å²) in [5.74, 6) is -1.33. The van der Waals surface area contributed by atoms with Gasteiger partial charge in [0.1, 0.15) is 0 Å². The molecule has 0 fully saturated rings. The summed E-state index contributed by atoms with van der Waals surface area (Å²) in [5.41, 5.74) is 0. The number of carboxylic acids is 2. The maximum Gasteiger partial charge on any atom is 0.303 e. The zero-order valence-electron chi connectivity index (χ0n) is 28.5. The number of nitrogens with zero attached hydrogens (tertiary/aromatic N) is 1. The van der Waals surface area contributed by atoms with Gasteiger partial charge >= 0.3 is 11.9 Å². The van der Waals surface area contributed by atoms with Gasteiger partial charge in [-0.2, -0.15) is 0 Å². The van der Waals surface area contributed by atoms with Gasteiger partial charge in [0.25, 0.3) is 5.09 Å². The summed E-state index contributed by atoms with van der Waals surface area (Å²) in [6.45, 7) is 4.52. The molecular weight excluding hydrogens is 558 g/mol. The minimum Gasteiger partial charge on any atom is -0.481 e. The zero-order chi connectivity index (χ0) is 33.4. The fourth-order valence-corrected chi connectivity index (χ4v) is 4.69. The summed E-state index contributed by atoms with van der Waals surface area (Å²) in [7, 11) is 0. The van der Waals surface area contributed by atoms with E-state index >= 15 is 0 Å². The van der Waals surface area contributed by atoms with Crippen molar-refractivity contribution in [2.24, 2.45) is 0 Å². The Kier molecular flexibility index (Phi) is 44.7. The number of hydrogen-bond donors (Lipinski definition) is 3. The summed E-state index contributed by atoms with van der Waals surface area (Å²) >= 11 is 0. The molecule has 0 atom stereocenters. The molecule has 0 aliphatic carbocycles. The van der Waals surface area contributed by atoms with E-state index in [-0.39, 0.29) is 0 Å². The van der Waals surface area contributed by atoms with Crippen LogP contribution in [0.3, 0.4) is 0 Å². The largest absolute Gasteiger partial charge is 0.481 e. The van der Waals surface area contributed by atoms with Gasteiger partial charge in [0.05, 0.1) is 0 Å². The van der Waals surface area contributed by atoms with E-state index in [0.29, 0.717) is 12.8 Å². The van der Waals surface area contributed by atoms with Crippen molar-refractivity contribution in [3.05, 3.63) is 34.4 Å². The predicted molar refractivity (Wildman–Crippen MR) is 183 cm³/mol. The highest BCUT2D eigenvalue weighted by molar-refractivity contribution is 5.66. The maximum absolute atomic E-state index is 10.3. The molecule has 0 amide bonds. The van der Waals surface area contributed by atoms with Crippen LogP contribution in [0.15, 0.2) is 24.3 Å². The van der Waals surface area contributed by atoms with Gasteiger partial charge in [0.15, 0.2) is 0 Å². The molecule has 260 valence electrons. The Morgan fingerprint density at radius 2 is 0.682 bits per heavy atom. The van der Waals surface area contributed by atoms with E-state index in [1.807, 2.05) is 0 Å². The summed E-state index contributed by atoms with van der Waals surface area (Å²) < 4.78 is 0. The van der Waals surface area contributed by atoms with Crippen LogP contribution in [0.5, 0.6) is 0 Å². The summed E-state index contributed by atoms with van der Waals surface area (Å²) in [6, 6.07) is 0. The van der Waals surface area contributed by atoms with Gasteiger partial charge in [-0.3, -0.25) is 9.59 Å². The molecular formula is C36H69NO7. The number of carboxylic acid groups (broad SMARTS) is 2. The van der Waals surface area contributed by atoms with Gasteiger partial charge < -0.3 is 15.4 Å². The molecule has 0 rings (SSSR count). The van der Waals surface area contributed by atoms with E-state index < -0.39 is 17.0 Å². The fraction of sp³-hybridized carbons (Fsp3) is 0.833. The number of allylic oxidation sites excluding steroid dienone is 4. The second-order valence-electron chi connectivity index (χ2n) is 11.7. The lowest BCUT2D eigenvalue weighted by Gasteiger charge is -1.99. The van der Waals surface area contributed by atoms with Crippen LogP contribution < -0.4 is 0 Å². The molecule has 0 radical (unpaired) electrons. The molecule has 0 aromatic heterocycles. The number of rotatable bonds is 30. The minimum atomic E-state index is -1.50. The molecule has 0 spiro atoms. The molecule has 3 N–H and O–H groups in total. The highest BCUT2D eigenvalue weighted by Crippen LogP contribution is 2.11. The Labute approximate surface area is 269 Å². The van der Waals surface area contributed by atoms with Crippen LogP contribution in [-0.2, 0) is 9.59 Å². The van der Waals surface area contributed by atoms with Gasteiger partial charge in [0, 0.05) is 12.8 Å². The van der Waals surface area contributed by atoms with Gasteiger partial charge in [0.2, 0.25) is 0 Å². The van der Waals surface area contributed by atoms with Crippen molar-refractivity contribution in [1.29, 1.82) is 0 Å². The van der Waals surface area contributed by atoms with Crippen molar-refractivity contribution in [1.82, 2.24) is 0 Å². The second-order valence-corrected chi connectivity index (χ2v) is 11.7. The topological polar surface area (TPSA) is 138 Å². The van der Waals surface area contributed by atoms with Gasteiger partial charge in [-0.05, 0) is 64.2 Å². The van der Waals surface area contributed by atoms with E-state index in [2.05, 4.69) is 38.2 Å². The predicted octanol–water partition coefficient (Wildman–Crippen LogP) is 11.9. The first kappa shape index (κ1) is 46.0. The molecule has 0 aromatic carbocycles. The molecule has 0 heterocycles. The standard InChI is InChI=1S/2C18H34O2.HNO3/c2*1-2-3-4-5-6-7-8-9-10-11-12-13-14-15-16-17-18(19)20;2-1(3)4/h2*9-10H,2-8,11-17H2,1H3,(H,19,20);(H,2,3,4)/b2*10-9-;. The summed E-state index contributed by atoms with van der Waals surface area (Å²) in [5, 5.41) is 30.7. The van der Waals surface area contributed by atoms with E-state index in [1.54, 1.807) is 0 Å². The van der Waals surface area contributed by atoms with E-state index in [4.69, 9.17) is 25.5 Å². The summed E-state index contributed by atoms with van der Waals surface area (Å²) in [4.78, 5) is 29.0. The van der Waals surface area contributed by atoms with E-state index in [0.717, 1.165) is 25.7 Å². The highest BCUT2D eigenvalue weighted by atomic mass is 16.9. The monoisotopic (exact) mass is 628 g/mol. The van der Waals surface area contributed by atoms with Crippen LogP contribution >= 0.6 is 0 Å². The normalized spacial score (nSPS) is 10.8. The SMILES string of the molecule is CCCCCCCC/C=C\CCCCCCCC(=O)O.CCCCCCCC/C=C\CCCCCCCC(=O)O.O=[N+]([O-])O. The first-order chi connectivity index (χ1) is 21.3. The number of hydrogen-bond acceptors (Lipinski definition) is 4. The van der Waals surface area contributed by atoms with Crippen molar-refractivity contribution in [2.45, 2.75) is 194 Å². The van der Waals surface area contributed by atoms with Crippen LogP contribution in [-0.4, -0.2) is 32.4 Å². The van der Waals surface area contributed by atoms with Crippen molar-refractivity contribution in [3.63, 3.8) is 0 Å². The van der Waals surface area contributed by atoms with Crippen LogP contribution in [0.2, 0.25) is 0 Å². The molecule has 0 saturated heterocycles. The Hall–Kier alpha value is -2.38. The molecule has 0 aliphatic rings. The average molecular weight is 628 g/mol. The van der Waals surface area contributed by atoms with Crippen molar-refractivity contribution < 1.29 is 30.1 Å². The molecule has 0 aliphatic heterocycles. The van der Waals surface area contributed by atoms with Crippen LogP contribution in [0.1, 0.15) is 194 Å². The van der Waals surface area contributed by atoms with Crippen LogP contribution in [0.4, 0.5) is 0 Å². The fourth-order valence-electron chi connectivity index (χ4n) is 4.69. The lowest BCUT2D eigenvalue weighted by molar-refractivity contribution is -0.742. The van der Waals surface area contributed by atoms with Gasteiger partial charge in [-0.25, -0.2) is 0 Å². The van der Waals surface area contributed by atoms with Crippen molar-refractivity contribution in [3.8, 4) is 0 Å². The number of aliphatic carboxylic acids is 2. The lowest BCUT2D eigenvalue weighted by Crippen LogP contribution is -1.93. The number of unbranched alkanes of at least 4 members (excludes halogenated alkanes) is 22. The highest BCUT2D eigenvalue weighted by Gasteiger charge is 1.97. The molecule has 0 aromatic rings. The Balaban J connectivity index is -0.000000680. The Bertz CT molecular complexity index is 611. The van der Waals surface area contributed by atoms with E-state index in [1.165, 1.54) is 141 Å². The van der Waals surface area contributed by atoms with Crippen LogP contribution in [0, 0.1) is 10.1 Å².